The van der Waals surface area contributed by atoms with Gasteiger partial charge in [-0.05, 0) is 0 Å². The second-order valence-electron chi connectivity index (χ2n) is 6.36. The summed E-state index contributed by atoms with van der Waals surface area (Å²) in [7, 11) is -36.1. The fraction of sp³-hybridized carbons (Fsp3) is 1.00. The normalized spacial score (nSPS) is 25.1. The van der Waals surface area contributed by atoms with Crippen molar-refractivity contribution in [2.24, 2.45) is 0 Å². The first kappa shape index (κ1) is 64.0. The maximum Gasteiger partial charge on any atom is 0.470 e. The van der Waals surface area contributed by atoms with E-state index in [9.17, 15) is 27.4 Å². The quantitative estimate of drug-likeness (QED) is 0.0641. The molecule has 0 atom stereocenters. The molecule has 1 rings (SSSR count). The average Bonchev–Trinajstić information content (AvgIpc) is 2.51. The van der Waals surface area contributed by atoms with Gasteiger partial charge in [-0.15, -0.1) is 0 Å². The van der Waals surface area contributed by atoms with E-state index >= 15 is 0 Å². The van der Waals surface area contributed by atoms with Crippen LogP contribution in [0.25, 0.3) is 0 Å². The molecule has 0 saturated heterocycles. The van der Waals surface area contributed by atoms with Crippen LogP contribution in [0.2, 0.25) is 0 Å². The molecule has 0 aromatic carbocycles. The van der Waals surface area contributed by atoms with Crippen molar-refractivity contribution in [1.29, 1.82) is 0 Å². The molecule has 1 aliphatic rings. The largest absolute Gasteiger partial charge is 0.470 e. The van der Waals surface area contributed by atoms with Crippen LogP contribution in [0.15, 0.2) is 0 Å². The second kappa shape index (κ2) is 26.1. The van der Waals surface area contributed by atoms with Crippen LogP contribution in [-0.4, -0.2) is 389 Å². The Kier molecular flexibility index (Phi) is 39.8. The molecule has 0 aromatic heterocycles. The monoisotopic (exact) mass is 1490 g/mol. The van der Waals surface area contributed by atoms with Gasteiger partial charge in [0.05, 0.1) is 0 Å². The predicted octanol–water partition coefficient (Wildman–Crippen LogP) is -5.42. The molecule has 0 heterocycles. The Labute approximate surface area is 477 Å². The standard InChI is InChI=1S/C6H18O24P6.6Ba/c7-31(8,9)25-1-2(26-32(10,11)12)4(28-34(16,17)18)6(30-36(22,23)24)5(29-35(19,20)21)3(1)27-33(13,14)15;;;;;;/h1-6H,(H2,7,8,9)(H2,10,11,12)(H2,13,14,15)(H2,16,17,18)(H2,19,20,21)(H2,22,23,24);;;;;;. The summed E-state index contributed by atoms with van der Waals surface area (Å²) in [6.07, 6.45) is -18.9. The van der Waals surface area contributed by atoms with Crippen molar-refractivity contribution in [3.8, 4) is 0 Å². The van der Waals surface area contributed by atoms with E-state index in [1.54, 1.807) is 0 Å². The van der Waals surface area contributed by atoms with E-state index in [-0.39, 0.29) is 293 Å². The van der Waals surface area contributed by atoms with Gasteiger partial charge in [-0.2, -0.15) is 0 Å². The maximum absolute atomic E-state index is 11.4. The maximum atomic E-state index is 11.4. The van der Waals surface area contributed by atoms with Crippen LogP contribution in [0.1, 0.15) is 0 Å². The van der Waals surface area contributed by atoms with E-state index in [1.165, 1.54) is 0 Å². The molecule has 0 spiro atoms. The van der Waals surface area contributed by atoms with E-state index < -0.39 is 83.6 Å². The van der Waals surface area contributed by atoms with Crippen molar-refractivity contribution in [2.45, 2.75) is 36.6 Å². The van der Waals surface area contributed by atoms with E-state index in [0.29, 0.717) is 0 Å². The second-order valence-corrected chi connectivity index (χ2v) is 13.5. The minimum absolute atomic E-state index is 0. The van der Waals surface area contributed by atoms with E-state index in [0.717, 1.165) is 0 Å². The van der Waals surface area contributed by atoms with Crippen molar-refractivity contribution in [1.82, 2.24) is 0 Å². The molecule has 1 fully saturated rings. The van der Waals surface area contributed by atoms with Gasteiger partial charge in [-0.1, -0.05) is 0 Å². The zero-order valence-corrected chi connectivity index (χ0v) is 52.7. The van der Waals surface area contributed by atoms with Crippen molar-refractivity contribution < 1.29 is 113 Å². The number of hydrogen-bond donors (Lipinski definition) is 12. The van der Waals surface area contributed by atoms with Crippen LogP contribution in [0.3, 0.4) is 0 Å². The molecule has 0 unspecified atom stereocenters. The van der Waals surface area contributed by atoms with Crippen LogP contribution < -0.4 is 0 Å². The Morgan fingerprint density at radius 3 is 0.381 bits per heavy atom. The first-order chi connectivity index (χ1) is 15.6. The molecule has 12 N–H and O–H groups in total. The summed E-state index contributed by atoms with van der Waals surface area (Å²) < 4.78 is 93.1. The van der Waals surface area contributed by atoms with Crippen molar-refractivity contribution in [3.63, 3.8) is 0 Å². The summed E-state index contributed by atoms with van der Waals surface area (Å²) in [6, 6.07) is 0. The van der Waals surface area contributed by atoms with Crippen LogP contribution >= 0.6 is 46.9 Å². The molecule has 1 aliphatic carbocycles. The third kappa shape index (κ3) is 29.4. The summed E-state index contributed by atoms with van der Waals surface area (Å²) >= 11 is 0. The van der Waals surface area contributed by atoms with Crippen LogP contribution in [0.5, 0.6) is 0 Å². The summed E-state index contributed by atoms with van der Waals surface area (Å²) in [4.78, 5) is 110. The van der Waals surface area contributed by atoms with Gasteiger partial charge in [-0.3, -0.25) is 27.1 Å². The fourth-order valence-electron chi connectivity index (χ4n) is 2.79. The van der Waals surface area contributed by atoms with Gasteiger partial charge in [0, 0.05) is 293 Å². The molecule has 0 aliphatic heterocycles. The van der Waals surface area contributed by atoms with E-state index in [4.69, 9.17) is 58.7 Å². The Morgan fingerprint density at radius 1 is 0.262 bits per heavy atom. The van der Waals surface area contributed by atoms with Crippen molar-refractivity contribution in [2.75, 3.05) is 0 Å². The number of hydrogen-bond acceptors (Lipinski definition) is 12. The summed E-state index contributed by atoms with van der Waals surface area (Å²) in [6.45, 7) is 0. The van der Waals surface area contributed by atoms with Crippen molar-refractivity contribution >= 4 is 340 Å². The van der Waals surface area contributed by atoms with Gasteiger partial charge in [0.15, 0.2) is 0 Å². The fourth-order valence-corrected chi connectivity index (χ4v) is 6.14. The smallest absolute Gasteiger partial charge is 0.303 e. The Balaban J connectivity index is -0.000000540. The first-order valence-electron chi connectivity index (χ1n) is 8.01. The summed E-state index contributed by atoms with van der Waals surface area (Å²) in [5, 5.41) is 0. The molecule has 12 radical (unpaired) electrons. The third-order valence-electron chi connectivity index (χ3n) is 3.50. The minimum Gasteiger partial charge on any atom is -0.303 e. The van der Waals surface area contributed by atoms with Gasteiger partial charge in [0.2, 0.25) is 0 Å². The minimum atomic E-state index is -6.02. The average molecular weight is 1480 g/mol. The first-order valence-corrected chi connectivity index (χ1v) is 17.2. The van der Waals surface area contributed by atoms with E-state index in [2.05, 4.69) is 27.1 Å². The van der Waals surface area contributed by atoms with E-state index in [1.807, 2.05) is 0 Å². The Hall–Kier alpha value is 10.1. The third-order valence-corrected chi connectivity index (χ3v) is 6.61. The molecule has 42 heavy (non-hydrogen) atoms. The zero-order valence-electron chi connectivity index (χ0n) is 20.7. The molecule has 36 heteroatoms. The van der Waals surface area contributed by atoms with Gasteiger partial charge in [-0.25, -0.2) is 27.4 Å². The molecule has 1 saturated carbocycles. The molecule has 228 valence electrons. The molecule has 0 bridgehead atoms. The number of rotatable bonds is 12. The van der Waals surface area contributed by atoms with Crippen LogP contribution in [-0.2, 0) is 54.5 Å². The van der Waals surface area contributed by atoms with Gasteiger partial charge >= 0.3 is 46.9 Å². The Morgan fingerprint density at radius 2 is 0.333 bits per heavy atom. The van der Waals surface area contributed by atoms with Gasteiger partial charge in [0.1, 0.15) is 36.6 Å². The van der Waals surface area contributed by atoms with Crippen LogP contribution in [0.4, 0.5) is 0 Å². The number of phosphoric ester groups is 6. The van der Waals surface area contributed by atoms with Crippen molar-refractivity contribution in [3.05, 3.63) is 0 Å². The predicted molar refractivity (Wildman–Crippen MR) is 136 cm³/mol. The van der Waals surface area contributed by atoms with Gasteiger partial charge in [0.25, 0.3) is 0 Å². The topological polar surface area (TPSA) is 401 Å². The Bertz CT molecular complexity index is 843. The van der Waals surface area contributed by atoms with Gasteiger partial charge < -0.3 is 58.7 Å². The summed E-state index contributed by atoms with van der Waals surface area (Å²) in [5.41, 5.74) is 0. The molecular formula is C6H18Ba6O24P6. The number of phosphoric acid groups is 6. The molecular weight excluding hydrogens is 1470 g/mol. The summed E-state index contributed by atoms with van der Waals surface area (Å²) in [5.74, 6) is 0. The molecule has 0 amide bonds. The zero-order chi connectivity index (χ0) is 28.7. The van der Waals surface area contributed by atoms with Crippen LogP contribution in [0, 0.1) is 0 Å². The molecule has 0 aromatic rings. The molecule has 24 nitrogen and oxygen atoms in total. The SMILES string of the molecule is O=P(O)(O)OC1C(OP(=O)(O)O)C(OP(=O)(O)O)C(OP(=O)(O)O)C(OP(=O)(O)O)C1OP(=O)(O)O.[Ba].[Ba].[Ba].[Ba].[Ba].[Ba].